The minimum Gasteiger partial charge on any atom is -0.491 e. The van der Waals surface area contributed by atoms with Crippen molar-refractivity contribution in [1.82, 2.24) is 5.32 Å². The predicted molar refractivity (Wildman–Crippen MR) is 93.6 cm³/mol. The molecule has 25 heavy (non-hydrogen) atoms. The Bertz CT molecular complexity index is 564. The highest BCUT2D eigenvalue weighted by molar-refractivity contribution is 5.92. The zero-order chi connectivity index (χ0) is 18.2. The van der Waals surface area contributed by atoms with Gasteiger partial charge in [-0.1, -0.05) is 13.8 Å². The highest BCUT2D eigenvalue weighted by Crippen LogP contribution is 2.17. The average Bonchev–Trinajstić information content (AvgIpc) is 3.11. The van der Waals surface area contributed by atoms with Gasteiger partial charge < -0.3 is 19.5 Å². The molecule has 0 saturated carbocycles. The van der Waals surface area contributed by atoms with Crippen molar-refractivity contribution in [2.45, 2.75) is 45.8 Å². The third-order valence-corrected chi connectivity index (χ3v) is 3.89. The van der Waals surface area contributed by atoms with E-state index in [4.69, 9.17) is 14.2 Å². The van der Waals surface area contributed by atoms with Gasteiger partial charge in [0.15, 0.2) is 6.10 Å². The van der Waals surface area contributed by atoms with Crippen LogP contribution in [0.15, 0.2) is 24.3 Å². The molecule has 0 radical (unpaired) electrons. The van der Waals surface area contributed by atoms with Crippen LogP contribution in [0.2, 0.25) is 0 Å². The van der Waals surface area contributed by atoms with E-state index in [0.29, 0.717) is 30.4 Å². The highest BCUT2D eigenvalue weighted by Gasteiger charge is 2.19. The van der Waals surface area contributed by atoms with Crippen LogP contribution in [0.4, 0.5) is 0 Å². The summed E-state index contributed by atoms with van der Waals surface area (Å²) in [5, 5.41) is 2.74. The third-order valence-electron chi connectivity index (χ3n) is 3.89. The van der Waals surface area contributed by atoms with Crippen LogP contribution in [-0.4, -0.2) is 43.8 Å². The summed E-state index contributed by atoms with van der Waals surface area (Å²) in [7, 11) is 0. The van der Waals surface area contributed by atoms with Crippen LogP contribution in [0.3, 0.4) is 0 Å². The topological polar surface area (TPSA) is 73.9 Å². The molecule has 6 heteroatoms. The first-order valence-electron chi connectivity index (χ1n) is 8.79. The minimum absolute atomic E-state index is 0.148. The van der Waals surface area contributed by atoms with Crippen LogP contribution in [-0.2, 0) is 14.3 Å². The van der Waals surface area contributed by atoms with Crippen LogP contribution < -0.4 is 10.1 Å². The molecule has 6 nitrogen and oxygen atoms in total. The summed E-state index contributed by atoms with van der Waals surface area (Å²) in [6, 6.07) is 6.70. The second kappa shape index (κ2) is 9.42. The molecule has 1 aromatic rings. The lowest BCUT2D eigenvalue weighted by Gasteiger charge is -2.15. The van der Waals surface area contributed by atoms with Gasteiger partial charge in [0.25, 0.3) is 5.91 Å². The molecule has 1 amide bonds. The molecule has 2 rings (SSSR count). The van der Waals surface area contributed by atoms with E-state index in [9.17, 15) is 9.59 Å². The normalized spacial score (nSPS) is 18.0. The number of hydrogen-bond donors (Lipinski definition) is 1. The maximum absolute atomic E-state index is 12.1. The quantitative estimate of drug-likeness (QED) is 0.730. The molecule has 1 aliphatic heterocycles. The Kier molecular flexibility index (Phi) is 7.25. The van der Waals surface area contributed by atoms with Crippen molar-refractivity contribution in [2.24, 2.45) is 5.92 Å². The van der Waals surface area contributed by atoms with Crippen molar-refractivity contribution in [3.8, 4) is 5.75 Å². The van der Waals surface area contributed by atoms with E-state index in [-0.39, 0.29) is 12.0 Å². The average molecular weight is 349 g/mol. The molecule has 0 aliphatic carbocycles. The van der Waals surface area contributed by atoms with E-state index in [2.05, 4.69) is 5.32 Å². The summed E-state index contributed by atoms with van der Waals surface area (Å²) in [6.45, 7) is 7.42. The molecular weight excluding hydrogens is 322 g/mol. The zero-order valence-corrected chi connectivity index (χ0v) is 15.1. The van der Waals surface area contributed by atoms with Crippen molar-refractivity contribution < 1.29 is 23.8 Å². The Morgan fingerprint density at radius 1 is 1.24 bits per heavy atom. The number of ether oxygens (including phenoxy) is 3. The van der Waals surface area contributed by atoms with E-state index in [1.54, 1.807) is 31.2 Å². The Balaban J connectivity index is 1.79. The number of nitrogens with one attached hydrogen (secondary N) is 1. The van der Waals surface area contributed by atoms with E-state index in [1.807, 2.05) is 13.8 Å². The van der Waals surface area contributed by atoms with E-state index < -0.39 is 12.1 Å². The molecule has 0 spiro atoms. The second-order valence-electron chi connectivity index (χ2n) is 6.66. The third kappa shape index (κ3) is 6.38. The number of esters is 1. The van der Waals surface area contributed by atoms with Gasteiger partial charge in [0.05, 0.1) is 11.7 Å². The van der Waals surface area contributed by atoms with Crippen molar-refractivity contribution in [3.05, 3.63) is 29.8 Å². The van der Waals surface area contributed by atoms with Crippen molar-refractivity contribution >= 4 is 11.9 Å². The van der Waals surface area contributed by atoms with Crippen LogP contribution in [0.5, 0.6) is 5.75 Å². The molecule has 0 bridgehead atoms. The first-order valence-corrected chi connectivity index (χ1v) is 8.79. The Labute approximate surface area is 148 Å². The van der Waals surface area contributed by atoms with Crippen molar-refractivity contribution in [3.63, 3.8) is 0 Å². The SMILES string of the molecule is CC(C)CNC(=O)[C@@H](C)OC(=O)c1ccc(OC[C@@H]2CCCO2)cc1. The Morgan fingerprint density at radius 2 is 1.96 bits per heavy atom. The first-order chi connectivity index (χ1) is 12.0. The molecular formula is C19H27NO5. The fourth-order valence-electron chi connectivity index (χ4n) is 2.38. The lowest BCUT2D eigenvalue weighted by Crippen LogP contribution is -2.37. The Morgan fingerprint density at radius 3 is 2.56 bits per heavy atom. The molecule has 1 heterocycles. The number of hydrogen-bond acceptors (Lipinski definition) is 5. The number of carbonyl (C=O) groups is 2. The molecule has 138 valence electrons. The van der Waals surface area contributed by atoms with Gasteiger partial charge in [-0.2, -0.15) is 0 Å². The van der Waals surface area contributed by atoms with Crippen LogP contribution >= 0.6 is 0 Å². The van der Waals surface area contributed by atoms with Gasteiger partial charge in [0.1, 0.15) is 12.4 Å². The van der Waals surface area contributed by atoms with Gasteiger partial charge >= 0.3 is 5.97 Å². The summed E-state index contributed by atoms with van der Waals surface area (Å²) in [4.78, 5) is 24.0. The van der Waals surface area contributed by atoms with Gasteiger partial charge in [-0.3, -0.25) is 4.79 Å². The molecule has 1 aliphatic rings. The van der Waals surface area contributed by atoms with E-state index in [1.165, 1.54) is 0 Å². The molecule has 0 unspecified atom stereocenters. The number of carbonyl (C=O) groups excluding carboxylic acids is 2. The molecule has 2 atom stereocenters. The Hall–Kier alpha value is -2.08. The minimum atomic E-state index is -0.832. The summed E-state index contributed by atoms with van der Waals surface area (Å²) in [5.74, 6) is 0.195. The molecule has 1 N–H and O–H groups in total. The van der Waals surface area contributed by atoms with Gasteiger partial charge in [0.2, 0.25) is 0 Å². The largest absolute Gasteiger partial charge is 0.491 e. The van der Waals surface area contributed by atoms with E-state index >= 15 is 0 Å². The van der Waals surface area contributed by atoms with Crippen LogP contribution in [0.25, 0.3) is 0 Å². The molecule has 1 aromatic carbocycles. The van der Waals surface area contributed by atoms with Gasteiger partial charge in [-0.15, -0.1) is 0 Å². The van der Waals surface area contributed by atoms with E-state index in [0.717, 1.165) is 19.4 Å². The van der Waals surface area contributed by atoms with Crippen molar-refractivity contribution in [1.29, 1.82) is 0 Å². The maximum Gasteiger partial charge on any atom is 0.338 e. The first kappa shape index (κ1) is 19.2. The summed E-state index contributed by atoms with van der Waals surface area (Å²) < 4.78 is 16.4. The van der Waals surface area contributed by atoms with Crippen LogP contribution in [0.1, 0.15) is 44.0 Å². The smallest absolute Gasteiger partial charge is 0.338 e. The lowest BCUT2D eigenvalue weighted by atomic mass is 10.2. The number of benzene rings is 1. The zero-order valence-electron chi connectivity index (χ0n) is 15.1. The summed E-state index contributed by atoms with van der Waals surface area (Å²) in [6.07, 6.45) is 1.40. The number of amides is 1. The van der Waals surface area contributed by atoms with Crippen LogP contribution in [0, 0.1) is 5.92 Å². The monoisotopic (exact) mass is 349 g/mol. The standard InChI is InChI=1S/C19H27NO5/c1-13(2)11-20-18(21)14(3)25-19(22)15-6-8-16(9-7-15)24-12-17-5-4-10-23-17/h6-9,13-14,17H,4-5,10-12H2,1-3H3,(H,20,21)/t14-,17+/m1/s1. The van der Waals surface area contributed by atoms with Crippen molar-refractivity contribution in [2.75, 3.05) is 19.8 Å². The second-order valence-corrected chi connectivity index (χ2v) is 6.66. The molecule has 1 fully saturated rings. The van der Waals surface area contributed by atoms with Gasteiger partial charge in [-0.25, -0.2) is 4.79 Å². The lowest BCUT2D eigenvalue weighted by molar-refractivity contribution is -0.129. The van der Waals surface area contributed by atoms with Gasteiger partial charge in [0, 0.05) is 13.2 Å². The summed E-state index contributed by atoms with van der Waals surface area (Å²) >= 11 is 0. The molecule has 0 aromatic heterocycles. The fraction of sp³-hybridized carbons (Fsp3) is 0.579. The molecule has 1 saturated heterocycles. The number of rotatable bonds is 8. The fourth-order valence-corrected chi connectivity index (χ4v) is 2.38. The van der Waals surface area contributed by atoms with Gasteiger partial charge in [-0.05, 0) is 49.9 Å². The highest BCUT2D eigenvalue weighted by atomic mass is 16.5. The maximum atomic E-state index is 12.1. The predicted octanol–water partition coefficient (Wildman–Crippen LogP) is 2.56. The summed E-state index contributed by atoms with van der Waals surface area (Å²) in [5.41, 5.74) is 0.382.